The largest absolute Gasteiger partial charge is 0.439 e. The van der Waals surface area contributed by atoms with Crippen LogP contribution in [0.4, 0.5) is 0 Å². The molecule has 0 radical (unpaired) electrons. The first kappa shape index (κ1) is 14.9. The molecular weight excluding hydrogens is 294 g/mol. The van der Waals surface area contributed by atoms with Crippen molar-refractivity contribution in [3.05, 3.63) is 77.5 Å². The van der Waals surface area contributed by atoms with Gasteiger partial charge in [-0.2, -0.15) is 0 Å². The molecule has 2 aromatic carbocycles. The Balaban J connectivity index is 1.66. The normalized spacial score (nSPS) is 12.6. The van der Waals surface area contributed by atoms with Crippen LogP contribution in [0.15, 0.2) is 60.7 Å². The second-order valence-corrected chi connectivity index (χ2v) is 7.37. The third kappa shape index (κ3) is 2.69. The number of benzene rings is 2. The summed E-state index contributed by atoms with van der Waals surface area (Å²) in [5.74, 6) is 1.48. The summed E-state index contributed by atoms with van der Waals surface area (Å²) in [6, 6.07) is 20.9. The average molecular weight is 315 g/mol. The Hall–Kier alpha value is -2.61. The van der Waals surface area contributed by atoms with Gasteiger partial charge in [0.15, 0.2) is 0 Å². The molecule has 0 saturated carbocycles. The van der Waals surface area contributed by atoms with Crippen molar-refractivity contribution in [1.82, 2.24) is 4.98 Å². The monoisotopic (exact) mass is 315 g/mol. The molecule has 0 spiro atoms. The van der Waals surface area contributed by atoms with Gasteiger partial charge in [0.05, 0.1) is 0 Å². The van der Waals surface area contributed by atoms with Gasteiger partial charge >= 0.3 is 0 Å². The van der Waals surface area contributed by atoms with Gasteiger partial charge in [-0.1, -0.05) is 57.2 Å². The summed E-state index contributed by atoms with van der Waals surface area (Å²) in [4.78, 5) is 4.65. The Morgan fingerprint density at radius 1 is 0.833 bits per heavy atom. The van der Waals surface area contributed by atoms with E-state index in [2.05, 4.69) is 62.2 Å². The lowest BCUT2D eigenvalue weighted by atomic mass is 9.92. The minimum atomic E-state index is 0.0102. The first-order valence-electron chi connectivity index (χ1n) is 8.37. The number of hydrogen-bond acceptors (Lipinski definition) is 2. The lowest BCUT2D eigenvalue weighted by molar-refractivity contribution is 0.452. The molecule has 0 amide bonds. The van der Waals surface area contributed by atoms with Crippen LogP contribution in [0.3, 0.4) is 0 Å². The van der Waals surface area contributed by atoms with Crippen LogP contribution in [0.2, 0.25) is 0 Å². The quantitative estimate of drug-likeness (QED) is 0.470. The second-order valence-electron chi connectivity index (χ2n) is 7.37. The number of ether oxygens (including phenoxy) is 1. The van der Waals surface area contributed by atoms with Crippen molar-refractivity contribution in [3.8, 4) is 22.8 Å². The summed E-state index contributed by atoms with van der Waals surface area (Å²) in [7, 11) is 0. The first-order chi connectivity index (χ1) is 11.5. The molecule has 1 aromatic heterocycles. The van der Waals surface area contributed by atoms with Crippen LogP contribution < -0.4 is 4.74 Å². The highest BCUT2D eigenvalue weighted by atomic mass is 16.5. The van der Waals surface area contributed by atoms with Gasteiger partial charge < -0.3 is 4.74 Å². The fourth-order valence-electron chi connectivity index (χ4n) is 3.18. The van der Waals surface area contributed by atoms with Gasteiger partial charge in [-0.3, -0.25) is 0 Å². The van der Waals surface area contributed by atoms with Crippen LogP contribution in [0.5, 0.6) is 11.6 Å². The molecule has 4 rings (SSSR count). The molecule has 0 aliphatic heterocycles. The summed E-state index contributed by atoms with van der Waals surface area (Å²) in [5.41, 5.74) is 6.38. The van der Waals surface area contributed by atoms with E-state index in [1.807, 2.05) is 24.3 Å². The van der Waals surface area contributed by atoms with Crippen LogP contribution in [-0.2, 0) is 11.8 Å². The number of hydrogen-bond donors (Lipinski definition) is 0. The first-order valence-corrected chi connectivity index (χ1v) is 8.37. The fraction of sp³-hybridized carbons (Fsp3) is 0.227. The topological polar surface area (TPSA) is 22.1 Å². The van der Waals surface area contributed by atoms with E-state index in [0.717, 1.165) is 17.9 Å². The van der Waals surface area contributed by atoms with Gasteiger partial charge in [0.2, 0.25) is 5.88 Å². The summed E-state index contributed by atoms with van der Waals surface area (Å²) in [5, 5.41) is 0. The van der Waals surface area contributed by atoms with Gasteiger partial charge in [-0.25, -0.2) is 4.98 Å². The molecule has 2 heteroatoms. The lowest BCUT2D eigenvalue weighted by Gasteiger charge is -2.18. The zero-order valence-electron chi connectivity index (χ0n) is 14.3. The predicted octanol–water partition coefficient (Wildman–Crippen LogP) is 5.74. The van der Waals surface area contributed by atoms with Crippen molar-refractivity contribution in [2.45, 2.75) is 32.6 Å². The van der Waals surface area contributed by atoms with Gasteiger partial charge in [0, 0.05) is 17.2 Å². The van der Waals surface area contributed by atoms with Gasteiger partial charge in [-0.15, -0.1) is 0 Å². The lowest BCUT2D eigenvalue weighted by Crippen LogP contribution is -2.13. The summed E-state index contributed by atoms with van der Waals surface area (Å²) in [6.45, 7) is 6.47. The second kappa shape index (κ2) is 5.48. The van der Waals surface area contributed by atoms with E-state index in [1.54, 1.807) is 0 Å². The van der Waals surface area contributed by atoms with E-state index in [-0.39, 0.29) is 5.41 Å². The van der Waals surface area contributed by atoms with Crippen molar-refractivity contribution in [3.63, 3.8) is 0 Å². The molecule has 0 N–H and O–H groups in total. The Morgan fingerprint density at radius 2 is 1.62 bits per heavy atom. The van der Waals surface area contributed by atoms with Gasteiger partial charge in [0.25, 0.3) is 0 Å². The Labute approximate surface area is 143 Å². The Morgan fingerprint density at radius 3 is 2.46 bits per heavy atom. The maximum atomic E-state index is 6.04. The number of aromatic nitrogens is 1. The summed E-state index contributed by atoms with van der Waals surface area (Å²) in [6.07, 6.45) is 1.00. The molecule has 0 saturated heterocycles. The molecular formula is C22H21NO. The Bertz CT molecular complexity index is 906. The highest BCUT2D eigenvalue weighted by Crippen LogP contribution is 2.39. The average Bonchev–Trinajstić information content (AvgIpc) is 2.92. The van der Waals surface area contributed by atoms with Crippen molar-refractivity contribution in [1.29, 1.82) is 0 Å². The number of fused-ring (bicyclic) bond motifs is 3. The number of pyridine rings is 1. The van der Waals surface area contributed by atoms with Crippen molar-refractivity contribution >= 4 is 0 Å². The van der Waals surface area contributed by atoms with E-state index in [0.29, 0.717) is 5.88 Å². The van der Waals surface area contributed by atoms with Crippen molar-refractivity contribution < 1.29 is 4.74 Å². The third-order valence-corrected chi connectivity index (χ3v) is 4.48. The molecule has 1 aliphatic rings. The van der Waals surface area contributed by atoms with E-state index in [9.17, 15) is 0 Å². The van der Waals surface area contributed by atoms with Crippen LogP contribution in [0.25, 0.3) is 11.1 Å². The van der Waals surface area contributed by atoms with E-state index in [4.69, 9.17) is 4.74 Å². The Kier molecular flexibility index (Phi) is 3.42. The highest BCUT2D eigenvalue weighted by Gasteiger charge is 2.19. The molecule has 1 heterocycles. The van der Waals surface area contributed by atoms with E-state index >= 15 is 0 Å². The van der Waals surface area contributed by atoms with Crippen molar-refractivity contribution in [2.75, 3.05) is 0 Å². The molecule has 3 aromatic rings. The number of nitrogens with zero attached hydrogens (tertiary/aromatic N) is 1. The zero-order chi connectivity index (χ0) is 16.7. The zero-order valence-corrected chi connectivity index (χ0v) is 14.3. The fourth-order valence-corrected chi connectivity index (χ4v) is 3.18. The molecule has 0 bridgehead atoms. The molecule has 0 unspecified atom stereocenters. The SMILES string of the molecule is CC(C)(C)c1cccc(Oc2ccc3c(c2)-c2ccccc2C3)n1. The third-order valence-electron chi connectivity index (χ3n) is 4.48. The minimum Gasteiger partial charge on any atom is -0.439 e. The smallest absolute Gasteiger partial charge is 0.219 e. The molecule has 1 aliphatic carbocycles. The molecule has 0 atom stereocenters. The standard InChI is InChI=1S/C22H21NO/c1-22(2,3)20-9-6-10-21(23-20)24-17-12-11-16-13-15-7-4-5-8-18(15)19(16)14-17/h4-12,14H,13H2,1-3H3. The maximum absolute atomic E-state index is 6.04. The van der Waals surface area contributed by atoms with Gasteiger partial charge in [-0.05, 0) is 46.9 Å². The molecule has 2 nitrogen and oxygen atoms in total. The predicted molar refractivity (Wildman–Crippen MR) is 97.7 cm³/mol. The van der Waals surface area contributed by atoms with Crippen LogP contribution >= 0.6 is 0 Å². The van der Waals surface area contributed by atoms with Gasteiger partial charge in [0.1, 0.15) is 5.75 Å². The number of rotatable bonds is 2. The van der Waals surface area contributed by atoms with E-state index in [1.165, 1.54) is 22.3 Å². The van der Waals surface area contributed by atoms with Crippen molar-refractivity contribution in [2.24, 2.45) is 0 Å². The minimum absolute atomic E-state index is 0.0102. The van der Waals surface area contributed by atoms with Crippen LogP contribution in [0, 0.1) is 0 Å². The highest BCUT2D eigenvalue weighted by molar-refractivity contribution is 5.77. The van der Waals surface area contributed by atoms with Crippen LogP contribution in [-0.4, -0.2) is 4.98 Å². The summed E-state index contributed by atoms with van der Waals surface area (Å²) >= 11 is 0. The molecule has 0 fully saturated rings. The summed E-state index contributed by atoms with van der Waals surface area (Å²) < 4.78 is 6.04. The maximum Gasteiger partial charge on any atom is 0.219 e. The molecule has 24 heavy (non-hydrogen) atoms. The molecule has 120 valence electrons. The van der Waals surface area contributed by atoms with Crippen LogP contribution in [0.1, 0.15) is 37.6 Å². The van der Waals surface area contributed by atoms with E-state index < -0.39 is 0 Å².